The van der Waals surface area contributed by atoms with Crippen LogP contribution in [0.2, 0.25) is 0 Å². The summed E-state index contributed by atoms with van der Waals surface area (Å²) >= 11 is 5.67. The van der Waals surface area contributed by atoms with Gasteiger partial charge >= 0.3 is 0 Å². The summed E-state index contributed by atoms with van der Waals surface area (Å²) in [5.74, 6) is 0. The monoisotopic (exact) mass is 297 g/mol. The number of aromatic nitrogens is 1. The molecule has 3 rings (SSSR count). The zero-order chi connectivity index (χ0) is 15.1. The normalized spacial score (nSPS) is 11.0. The van der Waals surface area contributed by atoms with Gasteiger partial charge < -0.3 is 14.8 Å². The summed E-state index contributed by atoms with van der Waals surface area (Å²) in [5, 5.41) is 2.20. The van der Waals surface area contributed by atoms with E-state index in [2.05, 4.69) is 51.2 Å². The van der Waals surface area contributed by atoms with Crippen LogP contribution in [0.1, 0.15) is 0 Å². The van der Waals surface area contributed by atoms with Crippen molar-refractivity contribution >= 4 is 45.4 Å². The van der Waals surface area contributed by atoms with Crippen molar-refractivity contribution in [2.24, 2.45) is 0 Å². The first kappa shape index (κ1) is 13.9. The number of anilines is 2. The number of H-pyrrole nitrogens is 1. The van der Waals surface area contributed by atoms with E-state index in [1.807, 2.05) is 28.2 Å². The molecule has 1 heterocycles. The van der Waals surface area contributed by atoms with Crippen molar-refractivity contribution in [1.82, 2.24) is 4.98 Å². The van der Waals surface area contributed by atoms with Gasteiger partial charge in [0.1, 0.15) is 0 Å². The van der Waals surface area contributed by atoms with Crippen LogP contribution in [0, 0.1) is 4.51 Å². The van der Waals surface area contributed by atoms with Crippen LogP contribution in [-0.4, -0.2) is 33.2 Å². The molecule has 2 aromatic carbocycles. The number of rotatable bonds is 2. The van der Waals surface area contributed by atoms with Gasteiger partial charge in [0.15, 0.2) is 0 Å². The Morgan fingerprint density at radius 3 is 1.57 bits per heavy atom. The van der Waals surface area contributed by atoms with E-state index < -0.39 is 0 Å². The maximum atomic E-state index is 5.67. The molecule has 3 aromatic rings. The van der Waals surface area contributed by atoms with Gasteiger partial charge in [-0.1, -0.05) is 12.2 Å². The van der Waals surface area contributed by atoms with Crippen molar-refractivity contribution in [2.45, 2.75) is 0 Å². The molecule has 0 aliphatic heterocycles. The van der Waals surface area contributed by atoms with E-state index in [1.165, 1.54) is 0 Å². The van der Waals surface area contributed by atoms with Gasteiger partial charge in [-0.3, -0.25) is 0 Å². The second kappa shape index (κ2) is 5.04. The molecule has 3 nitrogen and oxygen atoms in total. The SMILES string of the molecule is CN(C)c1ccc2c(=S)c3ccc(N(C)C)cc3[nH]c2c1. The molecule has 0 radical (unpaired) electrons. The summed E-state index contributed by atoms with van der Waals surface area (Å²) in [6, 6.07) is 12.7. The minimum absolute atomic E-state index is 0.911. The molecule has 1 aromatic heterocycles. The van der Waals surface area contributed by atoms with E-state index in [0.29, 0.717) is 0 Å². The quantitative estimate of drug-likeness (QED) is 0.566. The zero-order valence-electron chi connectivity index (χ0n) is 12.8. The minimum Gasteiger partial charge on any atom is -0.378 e. The van der Waals surface area contributed by atoms with Gasteiger partial charge in [0, 0.05) is 61.4 Å². The van der Waals surface area contributed by atoms with Crippen LogP contribution >= 0.6 is 12.2 Å². The average Bonchev–Trinajstić information content (AvgIpc) is 2.46. The number of aromatic amines is 1. The molecule has 21 heavy (non-hydrogen) atoms. The highest BCUT2D eigenvalue weighted by atomic mass is 32.1. The third kappa shape index (κ3) is 2.36. The molecule has 0 bridgehead atoms. The number of fused-ring (bicyclic) bond motifs is 2. The fraction of sp³-hybridized carbons (Fsp3) is 0.235. The van der Waals surface area contributed by atoms with Gasteiger partial charge in [-0.05, 0) is 36.4 Å². The predicted molar refractivity (Wildman–Crippen MR) is 95.3 cm³/mol. The molecule has 0 amide bonds. The first-order valence-corrected chi connectivity index (χ1v) is 7.32. The Balaban J connectivity index is 2.35. The Morgan fingerprint density at radius 2 is 1.19 bits per heavy atom. The Morgan fingerprint density at radius 1 is 0.762 bits per heavy atom. The Labute approximate surface area is 129 Å². The van der Waals surface area contributed by atoms with Crippen LogP contribution in [0.25, 0.3) is 21.8 Å². The van der Waals surface area contributed by atoms with E-state index in [9.17, 15) is 0 Å². The molecule has 0 aliphatic rings. The fourth-order valence-electron chi connectivity index (χ4n) is 2.51. The van der Waals surface area contributed by atoms with Crippen LogP contribution < -0.4 is 9.80 Å². The second-order valence-corrected chi connectivity index (χ2v) is 6.11. The lowest BCUT2D eigenvalue weighted by Crippen LogP contribution is -2.08. The maximum absolute atomic E-state index is 5.67. The van der Waals surface area contributed by atoms with E-state index in [-0.39, 0.29) is 0 Å². The van der Waals surface area contributed by atoms with Crippen LogP contribution in [0.5, 0.6) is 0 Å². The van der Waals surface area contributed by atoms with Gasteiger partial charge in [-0.15, -0.1) is 0 Å². The molecule has 1 N–H and O–H groups in total. The van der Waals surface area contributed by atoms with Crippen LogP contribution in [0.3, 0.4) is 0 Å². The topological polar surface area (TPSA) is 22.3 Å². The molecular formula is C17H19N3S. The molecule has 0 fully saturated rings. The summed E-state index contributed by atoms with van der Waals surface area (Å²) in [7, 11) is 8.17. The summed E-state index contributed by atoms with van der Waals surface area (Å²) in [5.41, 5.74) is 4.48. The van der Waals surface area contributed by atoms with Crippen LogP contribution in [0.15, 0.2) is 36.4 Å². The smallest absolute Gasteiger partial charge is 0.0563 e. The highest BCUT2D eigenvalue weighted by molar-refractivity contribution is 7.72. The minimum atomic E-state index is 0.911. The second-order valence-electron chi connectivity index (χ2n) is 5.70. The summed E-state index contributed by atoms with van der Waals surface area (Å²) < 4.78 is 0.911. The van der Waals surface area contributed by atoms with Crippen molar-refractivity contribution in [2.75, 3.05) is 38.0 Å². The molecule has 0 saturated carbocycles. The van der Waals surface area contributed by atoms with Crippen LogP contribution in [0.4, 0.5) is 11.4 Å². The van der Waals surface area contributed by atoms with Crippen molar-refractivity contribution in [3.8, 4) is 0 Å². The molecule has 0 aliphatic carbocycles. The number of nitrogens with one attached hydrogen (secondary N) is 1. The summed E-state index contributed by atoms with van der Waals surface area (Å²) in [6.45, 7) is 0. The lowest BCUT2D eigenvalue weighted by Gasteiger charge is -2.15. The maximum Gasteiger partial charge on any atom is 0.0563 e. The predicted octanol–water partition coefficient (Wildman–Crippen LogP) is 4.18. The molecule has 4 heteroatoms. The number of pyridine rings is 1. The Bertz CT molecular complexity index is 809. The lowest BCUT2D eigenvalue weighted by atomic mass is 10.1. The first-order chi connectivity index (χ1) is 9.97. The largest absolute Gasteiger partial charge is 0.378 e. The summed E-state index contributed by atoms with van der Waals surface area (Å²) in [6.07, 6.45) is 0. The third-order valence-electron chi connectivity index (χ3n) is 3.80. The zero-order valence-corrected chi connectivity index (χ0v) is 13.6. The molecule has 0 unspecified atom stereocenters. The van der Waals surface area contributed by atoms with Gasteiger partial charge in [-0.25, -0.2) is 0 Å². The average molecular weight is 297 g/mol. The highest BCUT2D eigenvalue weighted by Crippen LogP contribution is 2.27. The van der Waals surface area contributed by atoms with Crippen molar-refractivity contribution in [1.29, 1.82) is 0 Å². The lowest BCUT2D eigenvalue weighted by molar-refractivity contribution is 1.13. The third-order valence-corrected chi connectivity index (χ3v) is 4.24. The molecular weight excluding hydrogens is 278 g/mol. The Hall–Kier alpha value is -2.07. The van der Waals surface area contributed by atoms with E-state index in [1.54, 1.807) is 0 Å². The van der Waals surface area contributed by atoms with Gasteiger partial charge in [-0.2, -0.15) is 0 Å². The van der Waals surface area contributed by atoms with Gasteiger partial charge in [0.05, 0.1) is 4.51 Å². The van der Waals surface area contributed by atoms with E-state index in [4.69, 9.17) is 12.2 Å². The van der Waals surface area contributed by atoms with Gasteiger partial charge in [0.2, 0.25) is 0 Å². The highest BCUT2D eigenvalue weighted by Gasteiger charge is 2.06. The van der Waals surface area contributed by atoms with Crippen molar-refractivity contribution in [3.63, 3.8) is 0 Å². The molecule has 0 atom stereocenters. The summed E-state index contributed by atoms with van der Waals surface area (Å²) in [4.78, 5) is 7.71. The number of nitrogens with zero attached hydrogens (tertiary/aromatic N) is 2. The Kier molecular flexibility index (Phi) is 3.33. The molecule has 0 saturated heterocycles. The van der Waals surface area contributed by atoms with Crippen LogP contribution in [-0.2, 0) is 0 Å². The van der Waals surface area contributed by atoms with E-state index in [0.717, 1.165) is 37.7 Å². The van der Waals surface area contributed by atoms with Crippen molar-refractivity contribution < 1.29 is 0 Å². The standard InChI is InChI=1S/C17H19N3S/c1-19(2)11-5-7-13-15(9-11)18-16-10-12(20(3)4)6-8-14(16)17(13)21/h5-10H,1-4H3,(H,18,21). The van der Waals surface area contributed by atoms with Gasteiger partial charge in [0.25, 0.3) is 0 Å². The molecule has 108 valence electrons. The molecule has 0 spiro atoms. The van der Waals surface area contributed by atoms with Crippen molar-refractivity contribution in [3.05, 3.63) is 40.9 Å². The number of benzene rings is 2. The van der Waals surface area contributed by atoms with E-state index >= 15 is 0 Å². The first-order valence-electron chi connectivity index (χ1n) is 6.92. The fourth-order valence-corrected chi connectivity index (χ4v) is 2.87. The number of hydrogen-bond donors (Lipinski definition) is 1. The number of hydrogen-bond acceptors (Lipinski definition) is 3.